The van der Waals surface area contributed by atoms with Crippen LogP contribution >= 0.6 is 24.0 Å². The summed E-state index contributed by atoms with van der Waals surface area (Å²) in [4.78, 5) is 4.99. The van der Waals surface area contributed by atoms with Crippen molar-refractivity contribution in [3.63, 3.8) is 0 Å². The standard InChI is InChI=1S/C11H10N2S2/c1-7-4-10(15-5-12)9(3)11(8(7)2)13-6-14/h4H,1-3H3. The van der Waals surface area contributed by atoms with Crippen LogP contribution in [0.2, 0.25) is 0 Å². The van der Waals surface area contributed by atoms with E-state index in [-0.39, 0.29) is 0 Å². The van der Waals surface area contributed by atoms with Crippen molar-refractivity contribution in [1.29, 1.82) is 5.26 Å². The van der Waals surface area contributed by atoms with Crippen LogP contribution in [0.4, 0.5) is 5.69 Å². The maximum atomic E-state index is 8.67. The first-order valence-corrected chi connectivity index (χ1v) is 5.59. The average molecular weight is 234 g/mol. The molecule has 1 aromatic carbocycles. The number of thioether (sulfide) groups is 1. The van der Waals surface area contributed by atoms with Gasteiger partial charge in [0, 0.05) is 4.90 Å². The number of thiocyanates is 1. The number of benzene rings is 1. The quantitative estimate of drug-likeness (QED) is 0.337. The van der Waals surface area contributed by atoms with Crippen molar-refractivity contribution < 1.29 is 0 Å². The molecule has 4 heteroatoms. The monoisotopic (exact) mass is 234 g/mol. The minimum Gasteiger partial charge on any atom is -0.194 e. The fourth-order valence-corrected chi connectivity index (χ4v) is 2.04. The number of hydrogen-bond acceptors (Lipinski definition) is 4. The van der Waals surface area contributed by atoms with Gasteiger partial charge in [0.25, 0.3) is 0 Å². The molecule has 0 atom stereocenters. The van der Waals surface area contributed by atoms with Crippen molar-refractivity contribution in [2.75, 3.05) is 0 Å². The summed E-state index contributed by atoms with van der Waals surface area (Å²) in [5, 5.41) is 13.1. The number of rotatable bonds is 2. The van der Waals surface area contributed by atoms with E-state index in [0.717, 1.165) is 39.0 Å². The van der Waals surface area contributed by atoms with E-state index in [4.69, 9.17) is 5.26 Å². The molecule has 1 aromatic rings. The molecule has 0 radical (unpaired) electrons. The Kier molecular flexibility index (Phi) is 4.05. The van der Waals surface area contributed by atoms with Gasteiger partial charge in [-0.25, -0.2) is 0 Å². The molecule has 0 aliphatic carbocycles. The zero-order valence-electron chi connectivity index (χ0n) is 8.79. The van der Waals surface area contributed by atoms with E-state index in [0.29, 0.717) is 0 Å². The first-order valence-electron chi connectivity index (χ1n) is 4.36. The second kappa shape index (κ2) is 5.09. The number of isothiocyanates is 1. The highest BCUT2D eigenvalue weighted by Gasteiger charge is 2.09. The molecule has 0 saturated heterocycles. The highest BCUT2D eigenvalue weighted by atomic mass is 32.2. The number of aryl methyl sites for hydroxylation is 1. The Morgan fingerprint density at radius 3 is 2.53 bits per heavy atom. The molecule has 0 aromatic heterocycles. The molecule has 0 bridgehead atoms. The van der Waals surface area contributed by atoms with E-state index in [1.807, 2.05) is 26.8 Å². The number of nitriles is 1. The van der Waals surface area contributed by atoms with Crippen molar-refractivity contribution in [2.24, 2.45) is 4.99 Å². The van der Waals surface area contributed by atoms with Crippen LogP contribution in [0.5, 0.6) is 0 Å². The van der Waals surface area contributed by atoms with Crippen LogP contribution in [0.3, 0.4) is 0 Å². The van der Waals surface area contributed by atoms with E-state index in [1.54, 1.807) is 0 Å². The maximum Gasteiger partial charge on any atom is 0.138 e. The lowest BCUT2D eigenvalue weighted by atomic mass is 10.0. The Labute approximate surface area is 99.0 Å². The Morgan fingerprint density at radius 1 is 1.33 bits per heavy atom. The largest absolute Gasteiger partial charge is 0.194 e. The minimum atomic E-state index is 0.836. The molecule has 0 N–H and O–H groups in total. The summed E-state index contributed by atoms with van der Waals surface area (Å²) in [7, 11) is 0. The maximum absolute atomic E-state index is 8.67. The van der Waals surface area contributed by atoms with Gasteiger partial charge in [-0.05, 0) is 67.5 Å². The van der Waals surface area contributed by atoms with Crippen LogP contribution in [0.1, 0.15) is 16.7 Å². The SMILES string of the molecule is Cc1cc(SC#N)c(C)c(N=C=S)c1C. The van der Waals surface area contributed by atoms with Crippen LogP contribution < -0.4 is 0 Å². The summed E-state index contributed by atoms with van der Waals surface area (Å²) < 4.78 is 0. The molecule has 15 heavy (non-hydrogen) atoms. The van der Waals surface area contributed by atoms with Gasteiger partial charge in [-0.2, -0.15) is 10.3 Å². The van der Waals surface area contributed by atoms with Crippen molar-refractivity contribution in [3.05, 3.63) is 22.8 Å². The zero-order chi connectivity index (χ0) is 11.4. The van der Waals surface area contributed by atoms with Crippen LogP contribution in [0, 0.1) is 31.4 Å². The molecular formula is C11H10N2S2. The van der Waals surface area contributed by atoms with Gasteiger partial charge in [0.05, 0.1) is 10.8 Å². The molecule has 0 saturated carbocycles. The molecule has 0 heterocycles. The second-order valence-electron chi connectivity index (χ2n) is 3.19. The first-order chi connectivity index (χ1) is 7.11. The summed E-state index contributed by atoms with van der Waals surface area (Å²) in [5.41, 5.74) is 4.03. The number of thiocarbonyl (C=S) groups is 1. The average Bonchev–Trinajstić information content (AvgIpc) is 2.21. The molecular weight excluding hydrogens is 224 g/mol. The number of nitrogens with zero attached hydrogens (tertiary/aromatic N) is 2. The third-order valence-corrected chi connectivity index (χ3v) is 3.16. The fourth-order valence-electron chi connectivity index (χ4n) is 1.37. The fraction of sp³-hybridized carbons (Fsp3) is 0.273. The second-order valence-corrected chi connectivity index (χ2v) is 4.20. The summed E-state index contributed by atoms with van der Waals surface area (Å²) in [6, 6.07) is 2.00. The van der Waals surface area contributed by atoms with Gasteiger partial charge in [-0.1, -0.05) is 0 Å². The van der Waals surface area contributed by atoms with Gasteiger partial charge in [0.15, 0.2) is 0 Å². The molecule has 0 aliphatic heterocycles. The van der Waals surface area contributed by atoms with Crippen molar-refractivity contribution in [1.82, 2.24) is 0 Å². The van der Waals surface area contributed by atoms with Gasteiger partial charge in [0.2, 0.25) is 0 Å². The summed E-state index contributed by atoms with van der Waals surface area (Å²) >= 11 is 5.76. The van der Waals surface area contributed by atoms with E-state index < -0.39 is 0 Å². The molecule has 0 unspecified atom stereocenters. The van der Waals surface area contributed by atoms with E-state index >= 15 is 0 Å². The Bertz CT molecular complexity index is 480. The summed E-state index contributed by atoms with van der Waals surface area (Å²) in [5.74, 6) is 0. The van der Waals surface area contributed by atoms with Crippen LogP contribution in [0.15, 0.2) is 16.0 Å². The molecule has 76 valence electrons. The lowest BCUT2D eigenvalue weighted by Gasteiger charge is -2.10. The van der Waals surface area contributed by atoms with Crippen LogP contribution in [-0.4, -0.2) is 5.16 Å². The molecule has 0 aliphatic rings. The van der Waals surface area contributed by atoms with Crippen LogP contribution in [0.25, 0.3) is 0 Å². The normalized spacial score (nSPS) is 9.20. The Morgan fingerprint density at radius 2 is 2.00 bits per heavy atom. The smallest absolute Gasteiger partial charge is 0.138 e. The molecule has 1 rings (SSSR count). The number of hydrogen-bond donors (Lipinski definition) is 0. The van der Waals surface area contributed by atoms with Gasteiger partial charge in [-0.3, -0.25) is 0 Å². The van der Waals surface area contributed by atoms with E-state index in [1.165, 1.54) is 0 Å². The highest BCUT2D eigenvalue weighted by molar-refractivity contribution is 8.03. The van der Waals surface area contributed by atoms with E-state index in [2.05, 4.69) is 27.8 Å². The van der Waals surface area contributed by atoms with Crippen molar-refractivity contribution >= 4 is 34.8 Å². The molecule has 0 fully saturated rings. The Balaban J connectivity index is 3.49. The highest BCUT2D eigenvalue weighted by Crippen LogP contribution is 2.34. The topological polar surface area (TPSA) is 36.1 Å². The molecule has 0 spiro atoms. The molecule has 0 amide bonds. The van der Waals surface area contributed by atoms with Crippen LogP contribution in [-0.2, 0) is 0 Å². The zero-order valence-corrected chi connectivity index (χ0v) is 10.4. The predicted molar refractivity (Wildman–Crippen MR) is 66.8 cm³/mol. The van der Waals surface area contributed by atoms with Gasteiger partial charge in [0.1, 0.15) is 5.40 Å². The summed E-state index contributed by atoms with van der Waals surface area (Å²) in [6.45, 7) is 5.94. The third-order valence-electron chi connectivity index (χ3n) is 2.33. The molecule has 2 nitrogen and oxygen atoms in total. The lowest BCUT2D eigenvalue weighted by Crippen LogP contribution is -1.88. The van der Waals surface area contributed by atoms with Crippen molar-refractivity contribution in [3.8, 4) is 5.40 Å². The lowest BCUT2D eigenvalue weighted by molar-refractivity contribution is 1.20. The van der Waals surface area contributed by atoms with Gasteiger partial charge >= 0.3 is 0 Å². The minimum absolute atomic E-state index is 0.836. The van der Waals surface area contributed by atoms with Crippen molar-refractivity contribution in [2.45, 2.75) is 25.7 Å². The first kappa shape index (κ1) is 11.9. The predicted octanol–water partition coefficient (Wildman–Crippen LogP) is 3.92. The van der Waals surface area contributed by atoms with Gasteiger partial charge in [-0.15, -0.1) is 0 Å². The van der Waals surface area contributed by atoms with Gasteiger partial charge < -0.3 is 0 Å². The third kappa shape index (κ3) is 2.45. The Hall–Kier alpha value is -1.14. The van der Waals surface area contributed by atoms with E-state index in [9.17, 15) is 0 Å². The number of aliphatic imine (C=N–C) groups is 1. The summed E-state index contributed by atoms with van der Waals surface area (Å²) in [6.07, 6.45) is 0.